The van der Waals surface area contributed by atoms with E-state index in [-0.39, 0.29) is 25.0 Å². The fraction of sp³-hybridized carbons (Fsp3) is 0.250. The van der Waals surface area contributed by atoms with E-state index >= 15 is 0 Å². The van der Waals surface area contributed by atoms with Crippen molar-refractivity contribution in [3.05, 3.63) is 59.7 Å². The summed E-state index contributed by atoms with van der Waals surface area (Å²) in [6.07, 6.45) is 3.95. The van der Waals surface area contributed by atoms with Gasteiger partial charge in [-0.1, -0.05) is 30.3 Å². The average Bonchev–Trinajstić information content (AvgIpc) is 2.63. The van der Waals surface area contributed by atoms with Crippen molar-refractivity contribution in [1.82, 2.24) is 4.90 Å². The molecule has 2 amide bonds. The third-order valence-electron chi connectivity index (χ3n) is 4.23. The van der Waals surface area contributed by atoms with E-state index in [1.165, 1.54) is 4.90 Å². The van der Waals surface area contributed by atoms with E-state index in [1.807, 2.05) is 24.3 Å². The molecule has 3 rings (SSSR count). The number of carboxylic acid groups (broad SMARTS) is 1. The molecule has 0 fully saturated rings. The van der Waals surface area contributed by atoms with Gasteiger partial charge in [0.1, 0.15) is 0 Å². The van der Waals surface area contributed by atoms with Crippen LogP contribution >= 0.6 is 0 Å². The molecule has 1 aliphatic heterocycles. The van der Waals surface area contributed by atoms with E-state index in [1.54, 1.807) is 18.2 Å². The molecule has 0 aliphatic carbocycles. The lowest BCUT2D eigenvalue weighted by Gasteiger charge is -2.27. The second-order valence-corrected chi connectivity index (χ2v) is 5.97. The van der Waals surface area contributed by atoms with Gasteiger partial charge in [0.2, 0.25) is 0 Å². The number of unbranched alkanes of at least 4 members (excludes halogenated alkanes) is 1. The van der Waals surface area contributed by atoms with Gasteiger partial charge < -0.3 is 9.84 Å². The van der Waals surface area contributed by atoms with Gasteiger partial charge in [0.15, 0.2) is 0 Å². The lowest BCUT2D eigenvalue weighted by atomic mass is 9.94. The largest absolute Gasteiger partial charge is 0.478 e. The van der Waals surface area contributed by atoms with Crippen LogP contribution in [-0.2, 0) is 9.53 Å². The summed E-state index contributed by atoms with van der Waals surface area (Å²) < 4.78 is 5.47. The number of imide groups is 1. The van der Waals surface area contributed by atoms with Crippen LogP contribution in [0.25, 0.3) is 10.8 Å². The molecular formula is C20H19NO5. The van der Waals surface area contributed by atoms with E-state index in [0.717, 1.165) is 11.5 Å². The van der Waals surface area contributed by atoms with Crippen LogP contribution in [0, 0.1) is 0 Å². The highest BCUT2D eigenvalue weighted by Gasteiger charge is 2.32. The molecule has 0 atom stereocenters. The second-order valence-electron chi connectivity index (χ2n) is 5.97. The van der Waals surface area contributed by atoms with Gasteiger partial charge >= 0.3 is 5.97 Å². The fourth-order valence-electron chi connectivity index (χ4n) is 3.03. The minimum atomic E-state index is -0.969. The van der Waals surface area contributed by atoms with Gasteiger partial charge in [-0.15, -0.1) is 0 Å². The standard InChI is InChI=1S/C20H19NO5/c22-17(23)10-2-1-3-12-26-13-11-21-19(24)15-8-4-6-14-7-5-9-16(18(14)15)20(21)25/h2,4-10H,1,3,11-13H2,(H,22,23)/b10-2+. The van der Waals surface area contributed by atoms with E-state index in [4.69, 9.17) is 9.84 Å². The molecule has 0 saturated carbocycles. The first-order valence-electron chi connectivity index (χ1n) is 8.45. The van der Waals surface area contributed by atoms with Crippen LogP contribution in [0.3, 0.4) is 0 Å². The van der Waals surface area contributed by atoms with Crippen LogP contribution in [-0.4, -0.2) is 47.5 Å². The van der Waals surface area contributed by atoms with Gasteiger partial charge in [0.25, 0.3) is 11.8 Å². The van der Waals surface area contributed by atoms with Gasteiger partial charge in [-0.2, -0.15) is 0 Å². The number of carbonyl (C=O) groups is 3. The molecule has 2 aromatic carbocycles. The lowest BCUT2D eigenvalue weighted by Crippen LogP contribution is -2.42. The van der Waals surface area contributed by atoms with Crippen LogP contribution < -0.4 is 0 Å². The number of carboxylic acids is 1. The molecule has 1 heterocycles. The Kier molecular flexibility index (Phi) is 5.43. The van der Waals surface area contributed by atoms with Crippen molar-refractivity contribution >= 4 is 28.6 Å². The van der Waals surface area contributed by atoms with Crippen LogP contribution in [0.1, 0.15) is 33.6 Å². The smallest absolute Gasteiger partial charge is 0.327 e. The lowest BCUT2D eigenvalue weighted by molar-refractivity contribution is -0.131. The Hall–Kier alpha value is -2.99. The molecule has 0 aromatic heterocycles. The van der Waals surface area contributed by atoms with Crippen LogP contribution in [0.2, 0.25) is 0 Å². The molecule has 6 heteroatoms. The quantitative estimate of drug-likeness (QED) is 0.448. The SMILES string of the molecule is O=C(O)/C=C/CCCOCCN1C(=O)c2cccc3cccc(c23)C1=O. The third kappa shape index (κ3) is 3.65. The predicted octanol–water partition coefficient (Wildman–Crippen LogP) is 2.87. The zero-order chi connectivity index (χ0) is 18.5. The summed E-state index contributed by atoms with van der Waals surface area (Å²) >= 11 is 0. The zero-order valence-corrected chi connectivity index (χ0v) is 14.2. The summed E-state index contributed by atoms with van der Waals surface area (Å²) in [6, 6.07) is 10.9. The molecule has 0 bridgehead atoms. The highest BCUT2D eigenvalue weighted by Crippen LogP contribution is 2.29. The number of benzene rings is 2. The van der Waals surface area contributed by atoms with Crippen molar-refractivity contribution in [2.45, 2.75) is 12.8 Å². The molecule has 0 radical (unpaired) electrons. The van der Waals surface area contributed by atoms with E-state index < -0.39 is 5.97 Å². The molecule has 134 valence electrons. The van der Waals surface area contributed by atoms with E-state index in [9.17, 15) is 14.4 Å². The Labute approximate surface area is 150 Å². The Morgan fingerprint density at radius 3 is 2.31 bits per heavy atom. The molecule has 6 nitrogen and oxygen atoms in total. The number of carbonyl (C=O) groups excluding carboxylic acids is 2. The van der Waals surface area contributed by atoms with E-state index in [2.05, 4.69) is 0 Å². The molecule has 1 aliphatic rings. The zero-order valence-electron chi connectivity index (χ0n) is 14.2. The molecule has 1 N–H and O–H groups in total. The minimum Gasteiger partial charge on any atom is -0.478 e. The minimum absolute atomic E-state index is 0.188. The Bertz CT molecular complexity index is 836. The molecule has 2 aromatic rings. The highest BCUT2D eigenvalue weighted by molar-refractivity contribution is 6.25. The van der Waals surface area contributed by atoms with Gasteiger partial charge in [-0.05, 0) is 30.4 Å². The maximum atomic E-state index is 12.7. The van der Waals surface area contributed by atoms with Crippen LogP contribution in [0.5, 0.6) is 0 Å². The monoisotopic (exact) mass is 353 g/mol. The Balaban J connectivity index is 1.58. The number of amides is 2. The number of hydrogen-bond donors (Lipinski definition) is 1. The van der Waals surface area contributed by atoms with Gasteiger partial charge in [0, 0.05) is 29.2 Å². The maximum Gasteiger partial charge on any atom is 0.327 e. The summed E-state index contributed by atoms with van der Waals surface area (Å²) in [4.78, 5) is 36.9. The van der Waals surface area contributed by atoms with E-state index in [0.29, 0.717) is 36.0 Å². The highest BCUT2D eigenvalue weighted by atomic mass is 16.5. The topological polar surface area (TPSA) is 83.9 Å². The number of hydrogen-bond acceptors (Lipinski definition) is 4. The Morgan fingerprint density at radius 1 is 1.04 bits per heavy atom. The number of nitrogens with zero attached hydrogens (tertiary/aromatic N) is 1. The molecule has 0 saturated heterocycles. The second kappa shape index (κ2) is 7.93. The number of rotatable bonds is 8. The van der Waals surface area contributed by atoms with Crippen molar-refractivity contribution < 1.29 is 24.2 Å². The predicted molar refractivity (Wildman–Crippen MR) is 96.1 cm³/mol. The average molecular weight is 353 g/mol. The molecule has 26 heavy (non-hydrogen) atoms. The van der Waals surface area contributed by atoms with Crippen LogP contribution in [0.4, 0.5) is 0 Å². The molecular weight excluding hydrogens is 334 g/mol. The summed E-state index contributed by atoms with van der Waals surface area (Å²) in [5, 5.41) is 10.1. The number of allylic oxidation sites excluding steroid dienone is 1. The fourth-order valence-corrected chi connectivity index (χ4v) is 3.03. The van der Waals surface area contributed by atoms with Crippen LogP contribution in [0.15, 0.2) is 48.6 Å². The van der Waals surface area contributed by atoms with Crippen molar-refractivity contribution in [2.75, 3.05) is 19.8 Å². The third-order valence-corrected chi connectivity index (χ3v) is 4.23. The van der Waals surface area contributed by atoms with Crippen molar-refractivity contribution in [3.63, 3.8) is 0 Å². The van der Waals surface area contributed by atoms with Gasteiger partial charge in [-0.25, -0.2) is 4.79 Å². The number of aliphatic carboxylic acids is 1. The Morgan fingerprint density at radius 2 is 1.69 bits per heavy atom. The van der Waals surface area contributed by atoms with Crippen molar-refractivity contribution in [2.24, 2.45) is 0 Å². The van der Waals surface area contributed by atoms with Gasteiger partial charge in [0.05, 0.1) is 13.2 Å². The molecule has 0 unspecified atom stereocenters. The summed E-state index contributed by atoms with van der Waals surface area (Å²) in [5.74, 6) is -1.57. The summed E-state index contributed by atoms with van der Waals surface area (Å²) in [7, 11) is 0. The van der Waals surface area contributed by atoms with Crippen molar-refractivity contribution in [3.8, 4) is 0 Å². The van der Waals surface area contributed by atoms with Gasteiger partial charge in [-0.3, -0.25) is 14.5 Å². The first-order valence-corrected chi connectivity index (χ1v) is 8.45. The first kappa shape index (κ1) is 17.8. The van der Waals surface area contributed by atoms with Crippen molar-refractivity contribution in [1.29, 1.82) is 0 Å². The summed E-state index contributed by atoms with van der Waals surface area (Å²) in [6.45, 7) is 0.873. The number of ether oxygens (including phenoxy) is 1. The maximum absolute atomic E-state index is 12.7. The first-order chi connectivity index (χ1) is 12.6. The molecule has 0 spiro atoms. The normalized spacial score (nSPS) is 13.8. The summed E-state index contributed by atoms with van der Waals surface area (Å²) in [5.41, 5.74) is 1.08.